The minimum atomic E-state index is -3.52. The molecule has 3 rings (SSSR count). The van der Waals surface area contributed by atoms with Gasteiger partial charge in [-0.1, -0.05) is 6.07 Å². The van der Waals surface area contributed by atoms with Gasteiger partial charge in [-0.15, -0.1) is 0 Å². The molecule has 2 aromatic carbocycles. The highest BCUT2D eigenvalue weighted by Gasteiger charge is 2.27. The molecule has 1 amide bonds. The Kier molecular flexibility index (Phi) is 5.43. The lowest BCUT2D eigenvalue weighted by Crippen LogP contribution is -2.28. The van der Waals surface area contributed by atoms with Crippen LogP contribution in [0.2, 0.25) is 0 Å². The van der Waals surface area contributed by atoms with Gasteiger partial charge in [-0.2, -0.15) is 9.41 Å². The van der Waals surface area contributed by atoms with Gasteiger partial charge in [0, 0.05) is 24.2 Å². The Hall–Kier alpha value is -2.91. The molecule has 0 atom stereocenters. The van der Waals surface area contributed by atoms with Crippen LogP contribution in [-0.2, 0) is 10.0 Å². The maximum absolute atomic E-state index is 12.5. The molecule has 1 fully saturated rings. The standard InChI is InChI=1S/C18H19N3O5S/c22-16-5-3-4-14(17(16)23)12-19-20-18(24)13-6-8-15(9-7-13)27(25,26)21-10-1-2-11-21/h3-9,12,22-23H,1-2,10-11H2,(H,20,24)/b19-12+. The summed E-state index contributed by atoms with van der Waals surface area (Å²) in [7, 11) is -3.52. The third-order valence-electron chi connectivity index (χ3n) is 4.23. The van der Waals surface area contributed by atoms with Gasteiger partial charge in [-0.05, 0) is 49.2 Å². The molecule has 8 nitrogen and oxygen atoms in total. The van der Waals surface area contributed by atoms with E-state index in [0.717, 1.165) is 12.8 Å². The lowest BCUT2D eigenvalue weighted by Gasteiger charge is -2.15. The first-order valence-corrected chi connectivity index (χ1v) is 9.78. The number of carbonyl (C=O) groups excluding carboxylic acids is 1. The normalized spacial score (nSPS) is 15.3. The predicted octanol–water partition coefficient (Wildman–Crippen LogP) is 1.65. The average Bonchev–Trinajstić information content (AvgIpc) is 3.21. The van der Waals surface area contributed by atoms with Gasteiger partial charge in [-0.3, -0.25) is 4.79 Å². The summed E-state index contributed by atoms with van der Waals surface area (Å²) in [6.07, 6.45) is 2.90. The third-order valence-corrected chi connectivity index (χ3v) is 6.15. The number of rotatable bonds is 5. The third kappa shape index (κ3) is 4.09. The van der Waals surface area contributed by atoms with Crippen LogP contribution in [0.25, 0.3) is 0 Å². The van der Waals surface area contributed by atoms with Crippen molar-refractivity contribution in [1.29, 1.82) is 0 Å². The van der Waals surface area contributed by atoms with Crippen LogP contribution in [-0.4, -0.2) is 48.1 Å². The largest absolute Gasteiger partial charge is 0.504 e. The highest BCUT2D eigenvalue weighted by atomic mass is 32.2. The number of phenols is 2. The molecular formula is C18H19N3O5S. The first-order valence-electron chi connectivity index (χ1n) is 8.34. The summed E-state index contributed by atoms with van der Waals surface area (Å²) in [5.41, 5.74) is 2.77. The van der Waals surface area contributed by atoms with Crippen molar-refractivity contribution in [1.82, 2.24) is 9.73 Å². The SMILES string of the molecule is O=C(N/N=C/c1cccc(O)c1O)c1ccc(S(=O)(=O)N2CCCC2)cc1. The molecule has 1 heterocycles. The fourth-order valence-corrected chi connectivity index (χ4v) is 4.25. The van der Waals surface area contributed by atoms with Crippen LogP contribution in [0.4, 0.5) is 0 Å². The molecule has 1 saturated heterocycles. The molecule has 9 heteroatoms. The van der Waals surface area contributed by atoms with Gasteiger partial charge in [0.1, 0.15) is 0 Å². The second-order valence-corrected chi connectivity index (χ2v) is 7.99. The van der Waals surface area contributed by atoms with Crippen LogP contribution in [0.3, 0.4) is 0 Å². The van der Waals surface area contributed by atoms with Crippen molar-refractivity contribution in [3.8, 4) is 11.5 Å². The number of benzene rings is 2. The van der Waals surface area contributed by atoms with Crippen LogP contribution in [0.15, 0.2) is 52.5 Å². The van der Waals surface area contributed by atoms with E-state index in [2.05, 4.69) is 10.5 Å². The Bertz CT molecular complexity index is 965. The van der Waals surface area contributed by atoms with E-state index < -0.39 is 15.9 Å². The fraction of sp³-hybridized carbons (Fsp3) is 0.222. The van der Waals surface area contributed by atoms with E-state index in [0.29, 0.717) is 13.1 Å². The van der Waals surface area contributed by atoms with Crippen molar-refractivity contribution >= 4 is 22.1 Å². The first-order chi connectivity index (χ1) is 12.9. The molecule has 0 bridgehead atoms. The van der Waals surface area contributed by atoms with Crippen LogP contribution in [0.1, 0.15) is 28.8 Å². The molecule has 142 valence electrons. The Morgan fingerprint density at radius 3 is 2.41 bits per heavy atom. The molecule has 2 aromatic rings. The van der Waals surface area contributed by atoms with Crippen molar-refractivity contribution < 1.29 is 23.4 Å². The van der Waals surface area contributed by atoms with E-state index >= 15 is 0 Å². The predicted molar refractivity (Wildman–Crippen MR) is 99.3 cm³/mol. The summed E-state index contributed by atoms with van der Waals surface area (Å²) in [6, 6.07) is 9.99. The van der Waals surface area contributed by atoms with E-state index in [1.54, 1.807) is 0 Å². The van der Waals surface area contributed by atoms with E-state index in [4.69, 9.17) is 0 Å². The monoisotopic (exact) mass is 389 g/mol. The quantitative estimate of drug-likeness (QED) is 0.408. The minimum Gasteiger partial charge on any atom is -0.504 e. The Balaban J connectivity index is 1.67. The molecule has 1 aliphatic rings. The smallest absolute Gasteiger partial charge is 0.271 e. The number of hydrazone groups is 1. The number of hydrogen-bond acceptors (Lipinski definition) is 6. The minimum absolute atomic E-state index is 0.147. The molecule has 3 N–H and O–H groups in total. The van der Waals surface area contributed by atoms with E-state index in [1.807, 2.05) is 0 Å². The molecule has 0 aliphatic carbocycles. The van der Waals surface area contributed by atoms with E-state index in [1.165, 1.54) is 53.0 Å². The second-order valence-electron chi connectivity index (χ2n) is 6.05. The number of sulfonamides is 1. The zero-order valence-corrected chi connectivity index (χ0v) is 15.2. The zero-order chi connectivity index (χ0) is 19.4. The Labute approximate surface area is 156 Å². The van der Waals surface area contributed by atoms with Crippen LogP contribution < -0.4 is 5.43 Å². The van der Waals surface area contributed by atoms with Crippen molar-refractivity contribution in [3.05, 3.63) is 53.6 Å². The number of para-hydroxylation sites is 1. The van der Waals surface area contributed by atoms with Gasteiger partial charge in [0.2, 0.25) is 10.0 Å². The van der Waals surface area contributed by atoms with Crippen LogP contribution in [0.5, 0.6) is 11.5 Å². The summed E-state index contributed by atoms with van der Waals surface area (Å²) in [5, 5.41) is 22.8. The lowest BCUT2D eigenvalue weighted by molar-refractivity contribution is 0.0955. The summed E-state index contributed by atoms with van der Waals surface area (Å²) in [5.74, 6) is -1.16. The van der Waals surface area contributed by atoms with Gasteiger partial charge in [0.25, 0.3) is 5.91 Å². The van der Waals surface area contributed by atoms with Crippen molar-refractivity contribution in [2.45, 2.75) is 17.7 Å². The molecule has 0 aromatic heterocycles. The molecule has 0 radical (unpaired) electrons. The number of aromatic hydroxyl groups is 2. The zero-order valence-electron chi connectivity index (χ0n) is 14.4. The van der Waals surface area contributed by atoms with Crippen molar-refractivity contribution in [2.75, 3.05) is 13.1 Å². The van der Waals surface area contributed by atoms with E-state index in [9.17, 15) is 23.4 Å². The molecular weight excluding hydrogens is 370 g/mol. The topological polar surface area (TPSA) is 119 Å². The fourth-order valence-electron chi connectivity index (χ4n) is 2.73. The first kappa shape index (κ1) is 18.9. The molecule has 27 heavy (non-hydrogen) atoms. The lowest BCUT2D eigenvalue weighted by atomic mass is 10.2. The highest BCUT2D eigenvalue weighted by Crippen LogP contribution is 2.26. The summed E-state index contributed by atoms with van der Waals surface area (Å²) >= 11 is 0. The summed E-state index contributed by atoms with van der Waals surface area (Å²) in [6.45, 7) is 1.03. The van der Waals surface area contributed by atoms with Gasteiger partial charge in [0.05, 0.1) is 11.1 Å². The van der Waals surface area contributed by atoms with Gasteiger partial charge < -0.3 is 10.2 Å². The van der Waals surface area contributed by atoms with Gasteiger partial charge in [-0.25, -0.2) is 13.8 Å². The maximum Gasteiger partial charge on any atom is 0.271 e. The van der Waals surface area contributed by atoms with Crippen LogP contribution >= 0.6 is 0 Å². The Morgan fingerprint density at radius 1 is 1.07 bits per heavy atom. The summed E-state index contributed by atoms with van der Waals surface area (Å²) in [4.78, 5) is 12.3. The average molecular weight is 389 g/mol. The number of phenolic OH excluding ortho intramolecular Hbond substituents is 2. The highest BCUT2D eigenvalue weighted by molar-refractivity contribution is 7.89. The number of nitrogens with zero attached hydrogens (tertiary/aromatic N) is 2. The van der Waals surface area contributed by atoms with Gasteiger partial charge in [0.15, 0.2) is 11.5 Å². The number of carbonyl (C=O) groups is 1. The molecule has 0 spiro atoms. The van der Waals surface area contributed by atoms with E-state index in [-0.39, 0.29) is 27.5 Å². The second kappa shape index (κ2) is 7.77. The van der Waals surface area contributed by atoms with Gasteiger partial charge >= 0.3 is 0 Å². The Morgan fingerprint density at radius 2 is 1.74 bits per heavy atom. The number of nitrogens with one attached hydrogen (secondary N) is 1. The maximum atomic E-state index is 12.5. The van der Waals surface area contributed by atoms with Crippen molar-refractivity contribution in [2.24, 2.45) is 5.10 Å². The van der Waals surface area contributed by atoms with Crippen LogP contribution in [0, 0.1) is 0 Å². The molecule has 1 aliphatic heterocycles. The van der Waals surface area contributed by atoms with Crippen molar-refractivity contribution in [3.63, 3.8) is 0 Å². The number of hydrogen-bond donors (Lipinski definition) is 3. The molecule has 0 unspecified atom stereocenters. The molecule has 0 saturated carbocycles. The number of amides is 1. The summed E-state index contributed by atoms with van der Waals surface area (Å²) < 4.78 is 26.4.